The predicted molar refractivity (Wildman–Crippen MR) is 131 cm³/mol. The van der Waals surface area contributed by atoms with Crippen molar-refractivity contribution in [1.29, 1.82) is 0 Å². The van der Waals surface area contributed by atoms with Crippen molar-refractivity contribution in [3.8, 4) is 5.75 Å². The van der Waals surface area contributed by atoms with Gasteiger partial charge in [-0.3, -0.25) is 0 Å². The molecule has 0 radical (unpaired) electrons. The number of carboxylic acid groups (broad SMARTS) is 1. The van der Waals surface area contributed by atoms with Crippen molar-refractivity contribution in [3.63, 3.8) is 0 Å². The Kier molecular flexibility index (Phi) is 9.07. The van der Waals surface area contributed by atoms with Crippen LogP contribution >= 0.6 is 0 Å². The molecule has 0 aliphatic carbocycles. The largest absolute Gasteiger partial charge is 0.494 e. The van der Waals surface area contributed by atoms with Crippen LogP contribution in [0.1, 0.15) is 43.4 Å². The minimum absolute atomic E-state index is 0.0896. The van der Waals surface area contributed by atoms with Crippen LogP contribution in [0, 0.1) is 0 Å². The van der Waals surface area contributed by atoms with Crippen molar-refractivity contribution >= 4 is 12.0 Å². The van der Waals surface area contributed by atoms with Crippen molar-refractivity contribution in [3.05, 3.63) is 65.2 Å². The number of benzene rings is 2. The number of carboxylic acids is 1. The number of rotatable bonds is 12. The summed E-state index contributed by atoms with van der Waals surface area (Å²) in [7, 11) is 1.70. The number of nitrogens with zero attached hydrogens (tertiary/aromatic N) is 2. The molecule has 7 nitrogen and oxygen atoms in total. The molecule has 1 aliphatic heterocycles. The molecular formula is C27H33F3N2O5. The van der Waals surface area contributed by atoms with Gasteiger partial charge in [-0.25, -0.2) is 9.59 Å². The topological polar surface area (TPSA) is 79.3 Å². The van der Waals surface area contributed by atoms with Gasteiger partial charge in [-0.1, -0.05) is 31.2 Å². The van der Waals surface area contributed by atoms with E-state index in [2.05, 4.69) is 0 Å². The Hall–Kier alpha value is -3.27. The number of alkyl halides is 3. The average Bonchev–Trinajstić information content (AvgIpc) is 3.11. The van der Waals surface area contributed by atoms with E-state index < -0.39 is 23.3 Å². The summed E-state index contributed by atoms with van der Waals surface area (Å²) in [5, 5.41) is 9.55. The molecule has 3 rings (SSSR count). The van der Waals surface area contributed by atoms with Crippen LogP contribution in [0.4, 0.5) is 18.0 Å². The van der Waals surface area contributed by atoms with Gasteiger partial charge in [0.05, 0.1) is 18.2 Å². The van der Waals surface area contributed by atoms with Crippen LogP contribution in [0.2, 0.25) is 0 Å². The third-order valence-corrected chi connectivity index (χ3v) is 6.47. The first kappa shape index (κ1) is 28.3. The fourth-order valence-electron chi connectivity index (χ4n) is 4.19. The summed E-state index contributed by atoms with van der Waals surface area (Å²) < 4.78 is 49.7. The normalized spacial score (nSPS) is 17.7. The van der Waals surface area contributed by atoms with E-state index in [1.165, 1.54) is 12.1 Å². The molecule has 202 valence electrons. The van der Waals surface area contributed by atoms with Crippen molar-refractivity contribution in [1.82, 2.24) is 9.80 Å². The molecule has 2 amide bonds. The number of aliphatic carboxylic acids is 1. The van der Waals surface area contributed by atoms with Gasteiger partial charge in [0, 0.05) is 39.6 Å². The molecule has 2 atom stereocenters. The smallest absolute Gasteiger partial charge is 0.416 e. The molecule has 1 fully saturated rings. The maximum absolute atomic E-state index is 12.8. The van der Waals surface area contributed by atoms with Gasteiger partial charge in [0.15, 0.2) is 5.60 Å². The van der Waals surface area contributed by atoms with Crippen LogP contribution < -0.4 is 4.74 Å². The van der Waals surface area contributed by atoms with E-state index in [0.29, 0.717) is 37.5 Å². The fraction of sp³-hybridized carbons (Fsp3) is 0.481. The molecule has 1 aliphatic rings. The van der Waals surface area contributed by atoms with E-state index in [-0.39, 0.29) is 25.0 Å². The third kappa shape index (κ3) is 7.38. The van der Waals surface area contributed by atoms with Gasteiger partial charge in [-0.05, 0) is 48.7 Å². The van der Waals surface area contributed by atoms with Crippen molar-refractivity contribution in [2.75, 3.05) is 26.8 Å². The minimum atomic E-state index is -4.39. The Balaban J connectivity index is 1.49. The number of likely N-dealkylation sites (N-methyl/N-ethyl adjacent to an activating group) is 1. The molecule has 0 bridgehead atoms. The Bertz CT molecular complexity index is 1060. The van der Waals surface area contributed by atoms with E-state index in [9.17, 15) is 27.9 Å². The summed E-state index contributed by atoms with van der Waals surface area (Å²) in [5.74, 6) is -0.382. The fourth-order valence-corrected chi connectivity index (χ4v) is 4.19. The molecule has 1 N–H and O–H groups in total. The lowest BCUT2D eigenvalue weighted by molar-refractivity contribution is -0.163. The van der Waals surface area contributed by atoms with Crippen LogP contribution in [0.15, 0.2) is 48.5 Å². The van der Waals surface area contributed by atoms with Crippen LogP contribution in [0.3, 0.4) is 0 Å². The van der Waals surface area contributed by atoms with Gasteiger partial charge in [0.1, 0.15) is 5.75 Å². The lowest BCUT2D eigenvalue weighted by Crippen LogP contribution is -2.40. The van der Waals surface area contributed by atoms with Crippen LogP contribution in [0.5, 0.6) is 5.75 Å². The molecule has 1 heterocycles. The molecule has 0 aromatic heterocycles. The highest BCUT2D eigenvalue weighted by Crippen LogP contribution is 2.29. The zero-order valence-corrected chi connectivity index (χ0v) is 21.3. The Morgan fingerprint density at radius 2 is 1.68 bits per heavy atom. The van der Waals surface area contributed by atoms with E-state index in [0.717, 1.165) is 24.1 Å². The number of ether oxygens (including phenoxy) is 2. The van der Waals surface area contributed by atoms with E-state index >= 15 is 0 Å². The first-order valence-electron chi connectivity index (χ1n) is 12.2. The maximum Gasteiger partial charge on any atom is 0.416 e. The number of halogens is 3. The van der Waals surface area contributed by atoms with Crippen LogP contribution in [-0.2, 0) is 28.7 Å². The van der Waals surface area contributed by atoms with Gasteiger partial charge in [-0.15, -0.1) is 0 Å². The zero-order valence-electron chi connectivity index (χ0n) is 21.3. The van der Waals surface area contributed by atoms with Gasteiger partial charge >= 0.3 is 18.2 Å². The summed E-state index contributed by atoms with van der Waals surface area (Å²) in [6.07, 6.45) is -2.86. The minimum Gasteiger partial charge on any atom is -0.494 e. The highest BCUT2D eigenvalue weighted by Gasteiger charge is 2.35. The second kappa shape index (κ2) is 11.9. The van der Waals surface area contributed by atoms with Crippen LogP contribution in [0.25, 0.3) is 0 Å². The lowest BCUT2D eigenvalue weighted by atomic mass is 9.96. The first-order chi connectivity index (χ1) is 17.4. The SMILES string of the molecule is CCCOC(C)(Cc1ccc(OCCC2CN(Cc3ccc(C(F)(F)F)cc3)C(=O)N2C)cc1)C(=O)O. The molecular weight excluding hydrogens is 489 g/mol. The number of amides is 2. The standard InChI is InChI=1S/C27H33F3N2O5/c1-4-14-37-26(2,24(33)34)16-19-7-11-23(12-8-19)36-15-13-22-18-32(25(35)31(22)3)17-20-5-9-21(10-6-20)27(28,29)30/h5-12,22H,4,13-18H2,1-3H3,(H,33,34). The second-order valence-electron chi connectivity index (χ2n) is 9.46. The molecule has 2 unspecified atom stereocenters. The third-order valence-electron chi connectivity index (χ3n) is 6.47. The number of hydrogen-bond donors (Lipinski definition) is 1. The highest BCUT2D eigenvalue weighted by atomic mass is 19.4. The van der Waals surface area contributed by atoms with E-state index in [4.69, 9.17) is 9.47 Å². The Labute approximate surface area is 214 Å². The number of urea groups is 1. The Morgan fingerprint density at radius 3 is 2.24 bits per heavy atom. The molecule has 0 saturated carbocycles. The quantitative estimate of drug-likeness (QED) is 0.413. The predicted octanol–water partition coefficient (Wildman–Crippen LogP) is 5.22. The molecule has 0 spiro atoms. The maximum atomic E-state index is 12.8. The van der Waals surface area contributed by atoms with E-state index in [1.54, 1.807) is 35.9 Å². The zero-order chi connectivity index (χ0) is 27.2. The van der Waals surface area contributed by atoms with Gasteiger partial charge in [0.25, 0.3) is 0 Å². The second-order valence-corrected chi connectivity index (χ2v) is 9.46. The van der Waals surface area contributed by atoms with Gasteiger partial charge in [0.2, 0.25) is 0 Å². The lowest BCUT2D eigenvalue weighted by Gasteiger charge is -2.25. The van der Waals surface area contributed by atoms with Crippen molar-refractivity contribution < 1.29 is 37.3 Å². The summed E-state index contributed by atoms with van der Waals surface area (Å²) in [5.41, 5.74) is -0.575. The van der Waals surface area contributed by atoms with Gasteiger partial charge < -0.3 is 24.4 Å². The monoisotopic (exact) mass is 522 g/mol. The summed E-state index contributed by atoms with van der Waals surface area (Å²) >= 11 is 0. The molecule has 10 heteroatoms. The molecule has 37 heavy (non-hydrogen) atoms. The van der Waals surface area contributed by atoms with Crippen molar-refractivity contribution in [2.24, 2.45) is 0 Å². The summed E-state index contributed by atoms with van der Waals surface area (Å²) in [6, 6.07) is 11.7. The molecule has 1 saturated heterocycles. The summed E-state index contributed by atoms with van der Waals surface area (Å²) in [4.78, 5) is 27.5. The van der Waals surface area contributed by atoms with E-state index in [1.807, 2.05) is 19.1 Å². The van der Waals surface area contributed by atoms with Crippen LogP contribution in [-0.4, -0.2) is 65.4 Å². The molecule has 2 aromatic rings. The Morgan fingerprint density at radius 1 is 1.05 bits per heavy atom. The first-order valence-corrected chi connectivity index (χ1v) is 12.2. The van der Waals surface area contributed by atoms with Crippen molar-refractivity contribution in [2.45, 2.75) is 57.5 Å². The number of carbonyl (C=O) groups is 2. The summed E-state index contributed by atoms with van der Waals surface area (Å²) in [6.45, 7) is 4.90. The number of hydrogen-bond acceptors (Lipinski definition) is 4. The van der Waals surface area contributed by atoms with Gasteiger partial charge in [-0.2, -0.15) is 13.2 Å². The highest BCUT2D eigenvalue weighted by molar-refractivity contribution is 5.77. The molecule has 2 aromatic carbocycles. The number of carbonyl (C=O) groups excluding carboxylic acids is 1. The average molecular weight is 523 g/mol.